The lowest BCUT2D eigenvalue weighted by Crippen LogP contribution is -2.32. The van der Waals surface area contributed by atoms with E-state index in [-0.39, 0.29) is 5.60 Å². The summed E-state index contributed by atoms with van der Waals surface area (Å²) in [4.78, 5) is 9.73. The molecule has 100 valence electrons. The standard InChI is InChI=1S/C14H23N3O/c1-11(2)12-5-14(18-8-12)3-4-17(9-14)7-13-6-15-10-16-13/h6,10-12H,3-5,7-9H2,1-2H3,(H,15,16)/t12-,14+/m1/s1. The molecule has 0 radical (unpaired) electrons. The van der Waals surface area contributed by atoms with E-state index in [9.17, 15) is 0 Å². The van der Waals surface area contributed by atoms with E-state index in [1.165, 1.54) is 18.5 Å². The summed E-state index contributed by atoms with van der Waals surface area (Å²) in [6.07, 6.45) is 6.09. The van der Waals surface area contributed by atoms with Gasteiger partial charge in [-0.15, -0.1) is 0 Å². The molecule has 1 N–H and O–H groups in total. The summed E-state index contributed by atoms with van der Waals surface area (Å²) in [5, 5.41) is 0. The average Bonchev–Trinajstić information content (AvgIpc) is 3.03. The van der Waals surface area contributed by atoms with Crippen LogP contribution in [0, 0.1) is 11.8 Å². The molecule has 3 heterocycles. The summed E-state index contributed by atoms with van der Waals surface area (Å²) in [6, 6.07) is 0. The molecule has 1 aromatic heterocycles. The molecule has 1 spiro atoms. The topological polar surface area (TPSA) is 41.1 Å². The Morgan fingerprint density at radius 2 is 2.50 bits per heavy atom. The van der Waals surface area contributed by atoms with Crippen LogP contribution in [0.25, 0.3) is 0 Å². The Labute approximate surface area is 109 Å². The molecule has 0 aromatic carbocycles. The number of aromatic nitrogens is 2. The fourth-order valence-corrected chi connectivity index (χ4v) is 3.27. The largest absolute Gasteiger partial charge is 0.373 e. The van der Waals surface area contributed by atoms with Gasteiger partial charge in [-0.25, -0.2) is 4.98 Å². The fourth-order valence-electron chi connectivity index (χ4n) is 3.27. The molecule has 2 atom stereocenters. The van der Waals surface area contributed by atoms with Gasteiger partial charge in [0.1, 0.15) is 0 Å². The molecule has 2 fully saturated rings. The van der Waals surface area contributed by atoms with Crippen molar-refractivity contribution in [3.8, 4) is 0 Å². The van der Waals surface area contributed by atoms with Crippen LogP contribution in [-0.2, 0) is 11.3 Å². The van der Waals surface area contributed by atoms with Crippen LogP contribution in [0.1, 0.15) is 32.4 Å². The molecule has 18 heavy (non-hydrogen) atoms. The third-order valence-electron chi connectivity index (χ3n) is 4.52. The maximum Gasteiger partial charge on any atom is 0.0922 e. The molecular weight excluding hydrogens is 226 g/mol. The third-order valence-corrected chi connectivity index (χ3v) is 4.52. The number of H-pyrrole nitrogens is 1. The van der Waals surface area contributed by atoms with Crippen molar-refractivity contribution in [2.45, 2.75) is 38.8 Å². The van der Waals surface area contributed by atoms with Gasteiger partial charge in [-0.1, -0.05) is 13.8 Å². The van der Waals surface area contributed by atoms with E-state index in [1.807, 2.05) is 6.20 Å². The van der Waals surface area contributed by atoms with Crippen molar-refractivity contribution in [3.05, 3.63) is 18.2 Å². The van der Waals surface area contributed by atoms with Gasteiger partial charge in [0.15, 0.2) is 0 Å². The molecule has 2 aliphatic rings. The van der Waals surface area contributed by atoms with E-state index in [0.717, 1.165) is 38.1 Å². The quantitative estimate of drug-likeness (QED) is 0.891. The van der Waals surface area contributed by atoms with Crippen molar-refractivity contribution in [1.29, 1.82) is 0 Å². The lowest BCUT2D eigenvalue weighted by atomic mass is 9.87. The van der Waals surface area contributed by atoms with Gasteiger partial charge in [-0.05, 0) is 24.7 Å². The number of nitrogens with zero attached hydrogens (tertiary/aromatic N) is 2. The van der Waals surface area contributed by atoms with Gasteiger partial charge in [0.05, 0.1) is 18.5 Å². The first-order chi connectivity index (χ1) is 8.67. The van der Waals surface area contributed by atoms with Crippen LogP contribution < -0.4 is 0 Å². The van der Waals surface area contributed by atoms with Crippen LogP contribution in [-0.4, -0.2) is 40.2 Å². The van der Waals surface area contributed by atoms with Gasteiger partial charge in [-0.3, -0.25) is 4.90 Å². The van der Waals surface area contributed by atoms with E-state index in [1.54, 1.807) is 6.33 Å². The van der Waals surface area contributed by atoms with Crippen LogP contribution >= 0.6 is 0 Å². The molecule has 3 rings (SSSR count). The zero-order valence-electron chi connectivity index (χ0n) is 11.4. The zero-order chi connectivity index (χ0) is 12.6. The summed E-state index contributed by atoms with van der Waals surface area (Å²) in [6.45, 7) is 8.76. The van der Waals surface area contributed by atoms with Crippen molar-refractivity contribution >= 4 is 0 Å². The molecule has 0 saturated carbocycles. The van der Waals surface area contributed by atoms with Gasteiger partial charge in [0.25, 0.3) is 0 Å². The molecule has 2 aliphatic heterocycles. The molecule has 0 bridgehead atoms. The number of hydrogen-bond acceptors (Lipinski definition) is 3. The Hall–Kier alpha value is -0.870. The average molecular weight is 249 g/mol. The number of rotatable bonds is 3. The number of hydrogen-bond donors (Lipinski definition) is 1. The highest BCUT2D eigenvalue weighted by Crippen LogP contribution is 2.40. The second kappa shape index (κ2) is 4.67. The fraction of sp³-hybridized carbons (Fsp3) is 0.786. The van der Waals surface area contributed by atoms with Crippen molar-refractivity contribution in [2.24, 2.45) is 11.8 Å². The monoisotopic (exact) mass is 249 g/mol. The second-order valence-corrected chi connectivity index (χ2v) is 6.24. The normalized spacial score (nSPS) is 32.9. The van der Waals surface area contributed by atoms with E-state index < -0.39 is 0 Å². The highest BCUT2D eigenvalue weighted by Gasteiger charge is 2.45. The van der Waals surface area contributed by atoms with E-state index >= 15 is 0 Å². The molecule has 0 unspecified atom stereocenters. The van der Waals surface area contributed by atoms with Crippen LogP contribution in [0.2, 0.25) is 0 Å². The van der Waals surface area contributed by atoms with E-state index in [0.29, 0.717) is 0 Å². The Balaban J connectivity index is 1.58. The van der Waals surface area contributed by atoms with Gasteiger partial charge < -0.3 is 9.72 Å². The molecule has 0 amide bonds. The minimum Gasteiger partial charge on any atom is -0.373 e. The predicted molar refractivity (Wildman–Crippen MR) is 70.1 cm³/mol. The maximum atomic E-state index is 6.16. The zero-order valence-corrected chi connectivity index (χ0v) is 11.4. The minimum absolute atomic E-state index is 0.148. The number of imidazole rings is 1. The summed E-state index contributed by atoms with van der Waals surface area (Å²) in [7, 11) is 0. The van der Waals surface area contributed by atoms with Crippen molar-refractivity contribution in [2.75, 3.05) is 19.7 Å². The first-order valence-electron chi connectivity index (χ1n) is 7.00. The van der Waals surface area contributed by atoms with Crippen molar-refractivity contribution < 1.29 is 4.74 Å². The smallest absolute Gasteiger partial charge is 0.0922 e. The first kappa shape index (κ1) is 12.2. The lowest BCUT2D eigenvalue weighted by molar-refractivity contribution is 0.0105. The Bertz CT molecular complexity index is 390. The lowest BCUT2D eigenvalue weighted by Gasteiger charge is -2.23. The van der Waals surface area contributed by atoms with Crippen LogP contribution in [0.3, 0.4) is 0 Å². The Morgan fingerprint density at radius 3 is 3.17 bits per heavy atom. The summed E-state index contributed by atoms with van der Waals surface area (Å²) in [5.41, 5.74) is 1.35. The highest BCUT2D eigenvalue weighted by atomic mass is 16.5. The third kappa shape index (κ3) is 2.31. The Kier molecular flexibility index (Phi) is 3.16. The van der Waals surface area contributed by atoms with Crippen LogP contribution in [0.5, 0.6) is 0 Å². The summed E-state index contributed by atoms with van der Waals surface area (Å²) < 4.78 is 6.16. The molecule has 0 aliphatic carbocycles. The van der Waals surface area contributed by atoms with Crippen LogP contribution in [0.15, 0.2) is 12.5 Å². The van der Waals surface area contributed by atoms with Gasteiger partial charge in [-0.2, -0.15) is 0 Å². The van der Waals surface area contributed by atoms with Crippen molar-refractivity contribution in [1.82, 2.24) is 14.9 Å². The first-order valence-corrected chi connectivity index (χ1v) is 7.00. The summed E-state index contributed by atoms with van der Waals surface area (Å²) in [5.74, 6) is 1.49. The molecule has 2 saturated heterocycles. The highest BCUT2D eigenvalue weighted by molar-refractivity contribution is 5.01. The number of ether oxygens (including phenoxy) is 1. The van der Waals surface area contributed by atoms with E-state index in [2.05, 4.69) is 28.7 Å². The molecule has 4 nitrogen and oxygen atoms in total. The van der Waals surface area contributed by atoms with Gasteiger partial charge >= 0.3 is 0 Å². The molecular formula is C14H23N3O. The maximum absolute atomic E-state index is 6.16. The van der Waals surface area contributed by atoms with E-state index in [4.69, 9.17) is 4.74 Å². The van der Waals surface area contributed by atoms with Crippen LogP contribution in [0.4, 0.5) is 0 Å². The minimum atomic E-state index is 0.148. The summed E-state index contributed by atoms with van der Waals surface area (Å²) >= 11 is 0. The number of likely N-dealkylation sites (tertiary alicyclic amines) is 1. The number of aromatic amines is 1. The Morgan fingerprint density at radius 1 is 1.61 bits per heavy atom. The number of nitrogens with one attached hydrogen (secondary N) is 1. The second-order valence-electron chi connectivity index (χ2n) is 6.24. The molecule has 4 heteroatoms. The van der Waals surface area contributed by atoms with Crippen molar-refractivity contribution in [3.63, 3.8) is 0 Å². The van der Waals surface area contributed by atoms with Gasteiger partial charge in [0, 0.05) is 31.5 Å². The predicted octanol–water partition coefficient (Wildman–Crippen LogP) is 2.05. The molecule has 1 aromatic rings. The SMILES string of the molecule is CC(C)[C@H]1CO[C@@]2(CCN(Cc3cnc[nH]3)C2)C1. The van der Waals surface area contributed by atoms with Gasteiger partial charge in [0.2, 0.25) is 0 Å².